The molecule has 0 aliphatic carbocycles. The Bertz CT molecular complexity index is 443. The number of rotatable bonds is 2. The third-order valence-corrected chi connectivity index (χ3v) is 3.54. The van der Waals surface area contributed by atoms with Crippen LogP contribution in [0.1, 0.15) is 25.3 Å². The third-order valence-electron chi connectivity index (χ3n) is 3.31. The molecule has 1 atom stereocenters. The van der Waals surface area contributed by atoms with Crippen molar-refractivity contribution >= 4 is 23.3 Å². The van der Waals surface area contributed by atoms with Crippen LogP contribution in [0.15, 0.2) is 18.2 Å². The molecular formula is C12H14ClNO2. The second-order valence-electron chi connectivity index (χ2n) is 4.69. The fraction of sp³-hybridized carbons (Fsp3) is 0.417. The van der Waals surface area contributed by atoms with Crippen molar-refractivity contribution in [2.24, 2.45) is 5.41 Å². The second kappa shape index (κ2) is 3.67. The maximum atomic E-state index is 11.2. The largest absolute Gasteiger partial charge is 0.481 e. The number of carbonyl (C=O) groups is 1. The Morgan fingerprint density at radius 3 is 2.88 bits per heavy atom. The number of benzene rings is 1. The summed E-state index contributed by atoms with van der Waals surface area (Å²) in [5.74, 6) is -0.828. The predicted molar refractivity (Wildman–Crippen MR) is 64.1 cm³/mol. The van der Waals surface area contributed by atoms with E-state index in [1.54, 1.807) is 13.8 Å². The smallest absolute Gasteiger partial charge is 0.309 e. The van der Waals surface area contributed by atoms with Crippen LogP contribution in [0.3, 0.4) is 0 Å². The first-order valence-corrected chi connectivity index (χ1v) is 5.57. The van der Waals surface area contributed by atoms with E-state index in [2.05, 4.69) is 5.32 Å². The lowest BCUT2D eigenvalue weighted by Gasteiger charge is -2.26. The fourth-order valence-corrected chi connectivity index (χ4v) is 2.28. The number of carboxylic acids is 1. The lowest BCUT2D eigenvalue weighted by molar-refractivity contribution is -0.148. The topological polar surface area (TPSA) is 49.3 Å². The molecule has 2 N–H and O–H groups in total. The summed E-state index contributed by atoms with van der Waals surface area (Å²) in [6.07, 6.45) is 0. The van der Waals surface area contributed by atoms with E-state index >= 15 is 0 Å². The van der Waals surface area contributed by atoms with E-state index in [-0.39, 0.29) is 5.92 Å². The summed E-state index contributed by atoms with van der Waals surface area (Å²) >= 11 is 5.94. The highest BCUT2D eigenvalue weighted by Crippen LogP contribution is 2.43. The number of nitrogens with one attached hydrogen (secondary N) is 1. The van der Waals surface area contributed by atoms with Gasteiger partial charge in [0.05, 0.1) is 5.41 Å². The van der Waals surface area contributed by atoms with Gasteiger partial charge in [0.1, 0.15) is 0 Å². The SMILES string of the molecule is CC(C)(C(=O)O)C1CNc2ccc(Cl)cc21. The summed E-state index contributed by atoms with van der Waals surface area (Å²) in [4.78, 5) is 11.2. The highest BCUT2D eigenvalue weighted by atomic mass is 35.5. The molecular weight excluding hydrogens is 226 g/mol. The first kappa shape index (κ1) is 11.3. The number of hydrogen-bond donors (Lipinski definition) is 2. The van der Waals surface area contributed by atoms with Gasteiger partial charge < -0.3 is 10.4 Å². The summed E-state index contributed by atoms with van der Waals surface area (Å²) < 4.78 is 0. The van der Waals surface area contributed by atoms with Gasteiger partial charge in [0.25, 0.3) is 0 Å². The van der Waals surface area contributed by atoms with E-state index < -0.39 is 11.4 Å². The third kappa shape index (κ3) is 1.65. The Kier molecular flexibility index (Phi) is 2.58. The molecule has 0 aromatic heterocycles. The summed E-state index contributed by atoms with van der Waals surface area (Å²) in [5, 5.41) is 13.1. The van der Waals surface area contributed by atoms with Crippen molar-refractivity contribution in [1.82, 2.24) is 0 Å². The van der Waals surface area contributed by atoms with Crippen molar-refractivity contribution in [3.05, 3.63) is 28.8 Å². The van der Waals surface area contributed by atoms with Crippen molar-refractivity contribution in [2.75, 3.05) is 11.9 Å². The molecule has 0 spiro atoms. The van der Waals surface area contributed by atoms with Gasteiger partial charge in [0.2, 0.25) is 0 Å². The van der Waals surface area contributed by atoms with Crippen LogP contribution in [0.2, 0.25) is 5.02 Å². The van der Waals surface area contributed by atoms with Crippen molar-refractivity contribution in [3.8, 4) is 0 Å². The number of carboxylic acid groups (broad SMARTS) is 1. The maximum Gasteiger partial charge on any atom is 0.309 e. The molecule has 1 aliphatic rings. The minimum atomic E-state index is -0.789. The number of anilines is 1. The highest BCUT2D eigenvalue weighted by molar-refractivity contribution is 6.30. The van der Waals surface area contributed by atoms with Gasteiger partial charge in [-0.05, 0) is 37.6 Å². The van der Waals surface area contributed by atoms with Crippen LogP contribution in [-0.4, -0.2) is 17.6 Å². The van der Waals surface area contributed by atoms with E-state index in [0.717, 1.165) is 11.3 Å². The van der Waals surface area contributed by atoms with E-state index in [4.69, 9.17) is 11.6 Å². The molecule has 2 rings (SSSR count). The van der Waals surface area contributed by atoms with Gasteiger partial charge >= 0.3 is 5.97 Å². The van der Waals surface area contributed by atoms with E-state index in [0.29, 0.717) is 11.6 Å². The molecule has 0 saturated carbocycles. The molecule has 3 nitrogen and oxygen atoms in total. The molecule has 0 amide bonds. The molecule has 4 heteroatoms. The van der Waals surface area contributed by atoms with Gasteiger partial charge in [-0.2, -0.15) is 0 Å². The lowest BCUT2D eigenvalue weighted by atomic mass is 9.76. The molecule has 1 aromatic carbocycles. The Labute approximate surface area is 99.4 Å². The number of fused-ring (bicyclic) bond motifs is 1. The van der Waals surface area contributed by atoms with Crippen molar-refractivity contribution in [2.45, 2.75) is 19.8 Å². The minimum absolute atomic E-state index is 0.0429. The van der Waals surface area contributed by atoms with Gasteiger partial charge in [0, 0.05) is 23.2 Å². The Morgan fingerprint density at radius 2 is 2.25 bits per heavy atom. The van der Waals surface area contributed by atoms with Crippen molar-refractivity contribution in [1.29, 1.82) is 0 Å². The van der Waals surface area contributed by atoms with Crippen molar-refractivity contribution in [3.63, 3.8) is 0 Å². The van der Waals surface area contributed by atoms with Crippen molar-refractivity contribution < 1.29 is 9.90 Å². The van der Waals surface area contributed by atoms with Gasteiger partial charge in [-0.1, -0.05) is 11.6 Å². The zero-order valence-electron chi connectivity index (χ0n) is 9.25. The van der Waals surface area contributed by atoms with E-state index in [1.807, 2.05) is 18.2 Å². The highest BCUT2D eigenvalue weighted by Gasteiger charge is 2.41. The summed E-state index contributed by atoms with van der Waals surface area (Å²) in [6, 6.07) is 5.56. The second-order valence-corrected chi connectivity index (χ2v) is 5.13. The molecule has 1 aliphatic heterocycles. The number of hydrogen-bond acceptors (Lipinski definition) is 2. The molecule has 86 valence electrons. The normalized spacial score (nSPS) is 19.1. The predicted octanol–water partition coefficient (Wildman–Crippen LogP) is 2.96. The summed E-state index contributed by atoms with van der Waals surface area (Å²) in [6.45, 7) is 4.14. The molecule has 0 fully saturated rings. The first-order valence-electron chi connectivity index (χ1n) is 5.19. The van der Waals surface area contributed by atoms with Gasteiger partial charge in [-0.15, -0.1) is 0 Å². The quantitative estimate of drug-likeness (QED) is 0.834. The fourth-order valence-electron chi connectivity index (χ4n) is 2.10. The first-order chi connectivity index (χ1) is 7.43. The monoisotopic (exact) mass is 239 g/mol. The number of aliphatic carboxylic acids is 1. The molecule has 0 radical (unpaired) electrons. The molecule has 1 aromatic rings. The van der Waals surface area contributed by atoms with Crippen LogP contribution in [0, 0.1) is 5.41 Å². The van der Waals surface area contributed by atoms with Crippen LogP contribution >= 0.6 is 11.6 Å². The van der Waals surface area contributed by atoms with Gasteiger partial charge in [-0.25, -0.2) is 0 Å². The lowest BCUT2D eigenvalue weighted by Crippen LogP contribution is -2.32. The Hall–Kier alpha value is -1.22. The van der Waals surface area contributed by atoms with Crippen LogP contribution in [0.4, 0.5) is 5.69 Å². The molecule has 1 unspecified atom stereocenters. The molecule has 0 bridgehead atoms. The Balaban J connectivity index is 2.43. The number of halogens is 1. The molecule has 0 saturated heterocycles. The van der Waals surface area contributed by atoms with Crippen LogP contribution < -0.4 is 5.32 Å². The summed E-state index contributed by atoms with van der Waals surface area (Å²) in [7, 11) is 0. The maximum absolute atomic E-state index is 11.2. The zero-order chi connectivity index (χ0) is 11.9. The molecule has 1 heterocycles. The zero-order valence-corrected chi connectivity index (χ0v) is 10.0. The Morgan fingerprint density at radius 1 is 1.56 bits per heavy atom. The standard InChI is InChI=1S/C12H14ClNO2/c1-12(2,11(15)16)9-6-14-10-4-3-7(13)5-8(9)10/h3-5,9,14H,6H2,1-2H3,(H,15,16). The van der Waals surface area contributed by atoms with E-state index in [9.17, 15) is 9.90 Å². The van der Waals surface area contributed by atoms with Crippen LogP contribution in [-0.2, 0) is 4.79 Å². The van der Waals surface area contributed by atoms with Gasteiger partial charge in [-0.3, -0.25) is 4.79 Å². The average Bonchev–Trinajstić information content (AvgIpc) is 2.60. The average molecular weight is 240 g/mol. The van der Waals surface area contributed by atoms with Crippen LogP contribution in [0.25, 0.3) is 0 Å². The van der Waals surface area contributed by atoms with E-state index in [1.165, 1.54) is 0 Å². The summed E-state index contributed by atoms with van der Waals surface area (Å²) in [5.41, 5.74) is 1.20. The molecule has 16 heavy (non-hydrogen) atoms. The van der Waals surface area contributed by atoms with Crippen LogP contribution in [0.5, 0.6) is 0 Å². The minimum Gasteiger partial charge on any atom is -0.481 e. The van der Waals surface area contributed by atoms with Gasteiger partial charge in [0.15, 0.2) is 0 Å².